The number of aryl methyl sites for hydroxylation is 1. The zero-order chi connectivity index (χ0) is 19.8. The number of ether oxygens (including phenoxy) is 1. The highest BCUT2D eigenvalue weighted by Crippen LogP contribution is 2.29. The average molecular weight is 394 g/mol. The summed E-state index contributed by atoms with van der Waals surface area (Å²) in [4.78, 5) is 12.7. The maximum Gasteiger partial charge on any atom is 0.212 e. The highest BCUT2D eigenvalue weighted by molar-refractivity contribution is 5.87. The second-order valence-electron chi connectivity index (χ2n) is 6.96. The van der Waals surface area contributed by atoms with Crippen molar-refractivity contribution in [3.8, 4) is 11.4 Å². The van der Waals surface area contributed by atoms with E-state index in [0.29, 0.717) is 34.1 Å². The number of rotatable bonds is 4. The van der Waals surface area contributed by atoms with E-state index in [-0.39, 0.29) is 6.23 Å². The molecule has 0 aliphatic carbocycles. The SMILES string of the molecule is Cc1cc(Nc2nc(-c3ccc(F)nc3)nc3ccoc23)nn1C1CCCCO1. The molecule has 1 N–H and O–H groups in total. The van der Waals surface area contributed by atoms with Crippen LogP contribution in [-0.4, -0.2) is 31.3 Å². The molecule has 1 fully saturated rings. The van der Waals surface area contributed by atoms with Crippen molar-refractivity contribution in [2.24, 2.45) is 0 Å². The van der Waals surface area contributed by atoms with Crippen LogP contribution in [0.25, 0.3) is 22.5 Å². The molecule has 1 aliphatic heterocycles. The van der Waals surface area contributed by atoms with E-state index in [9.17, 15) is 4.39 Å². The molecule has 148 valence electrons. The van der Waals surface area contributed by atoms with Crippen molar-refractivity contribution in [2.75, 3.05) is 11.9 Å². The number of pyridine rings is 1. The van der Waals surface area contributed by atoms with Gasteiger partial charge in [0, 0.05) is 36.2 Å². The van der Waals surface area contributed by atoms with Gasteiger partial charge in [-0.25, -0.2) is 19.6 Å². The predicted octanol–water partition coefficient (Wildman–Crippen LogP) is 4.37. The number of hydrogen-bond acceptors (Lipinski definition) is 7. The van der Waals surface area contributed by atoms with Gasteiger partial charge in [0.05, 0.1) is 6.26 Å². The Hall–Kier alpha value is -3.33. The fourth-order valence-electron chi connectivity index (χ4n) is 3.46. The highest BCUT2D eigenvalue weighted by Gasteiger charge is 2.20. The summed E-state index contributed by atoms with van der Waals surface area (Å²) in [6, 6.07) is 6.56. The lowest BCUT2D eigenvalue weighted by molar-refractivity contribution is -0.0404. The molecule has 0 saturated carbocycles. The van der Waals surface area contributed by atoms with Crippen LogP contribution in [0.4, 0.5) is 16.0 Å². The van der Waals surface area contributed by atoms with E-state index in [1.165, 1.54) is 12.3 Å². The Bertz CT molecular complexity index is 1150. The maximum atomic E-state index is 13.2. The molecule has 0 amide bonds. The van der Waals surface area contributed by atoms with Gasteiger partial charge in [0.15, 0.2) is 29.3 Å². The Morgan fingerprint density at radius 2 is 2.14 bits per heavy atom. The van der Waals surface area contributed by atoms with E-state index >= 15 is 0 Å². The van der Waals surface area contributed by atoms with Gasteiger partial charge in [-0.1, -0.05) is 0 Å². The van der Waals surface area contributed by atoms with Gasteiger partial charge in [0.2, 0.25) is 5.95 Å². The number of halogens is 1. The lowest BCUT2D eigenvalue weighted by atomic mass is 10.2. The van der Waals surface area contributed by atoms with Crippen molar-refractivity contribution >= 4 is 22.7 Å². The van der Waals surface area contributed by atoms with Crippen LogP contribution in [-0.2, 0) is 4.74 Å². The molecular weight excluding hydrogens is 375 g/mol. The number of nitrogens with one attached hydrogen (secondary N) is 1. The van der Waals surface area contributed by atoms with Gasteiger partial charge in [0.25, 0.3) is 0 Å². The molecule has 0 spiro atoms. The lowest BCUT2D eigenvalue weighted by Crippen LogP contribution is -2.20. The van der Waals surface area contributed by atoms with Gasteiger partial charge in [-0.2, -0.15) is 9.49 Å². The molecule has 1 saturated heterocycles. The fourth-order valence-corrected chi connectivity index (χ4v) is 3.46. The van der Waals surface area contributed by atoms with Gasteiger partial charge in [0.1, 0.15) is 5.52 Å². The van der Waals surface area contributed by atoms with Crippen LogP contribution in [0.5, 0.6) is 0 Å². The minimum atomic E-state index is -0.553. The molecule has 9 heteroatoms. The molecule has 4 aromatic heterocycles. The number of fused-ring (bicyclic) bond motifs is 1. The molecule has 1 aliphatic rings. The Labute approximate surface area is 165 Å². The summed E-state index contributed by atoms with van der Waals surface area (Å²) in [6.45, 7) is 2.74. The summed E-state index contributed by atoms with van der Waals surface area (Å²) in [5.41, 5.74) is 2.75. The average Bonchev–Trinajstić information content (AvgIpc) is 3.35. The number of hydrogen-bond donors (Lipinski definition) is 1. The van der Waals surface area contributed by atoms with Gasteiger partial charge < -0.3 is 14.5 Å². The van der Waals surface area contributed by atoms with Crippen molar-refractivity contribution in [1.82, 2.24) is 24.7 Å². The number of aromatic nitrogens is 5. The summed E-state index contributed by atoms with van der Waals surface area (Å²) < 4.78 is 26.5. The first-order chi connectivity index (χ1) is 14.2. The fraction of sp³-hybridized carbons (Fsp3) is 0.300. The van der Waals surface area contributed by atoms with Crippen LogP contribution in [0.1, 0.15) is 31.2 Å². The Kier molecular flexibility index (Phi) is 4.44. The third-order valence-electron chi connectivity index (χ3n) is 4.89. The largest absolute Gasteiger partial charge is 0.459 e. The highest BCUT2D eigenvalue weighted by atomic mass is 19.1. The topological polar surface area (TPSA) is 90.9 Å². The van der Waals surface area contributed by atoms with Crippen LogP contribution >= 0.6 is 0 Å². The summed E-state index contributed by atoms with van der Waals surface area (Å²) in [6.07, 6.45) is 6.06. The first-order valence-corrected chi connectivity index (χ1v) is 9.49. The van der Waals surface area contributed by atoms with E-state index in [1.54, 1.807) is 18.4 Å². The Morgan fingerprint density at radius 1 is 1.21 bits per heavy atom. The Balaban J connectivity index is 1.50. The third-order valence-corrected chi connectivity index (χ3v) is 4.89. The van der Waals surface area contributed by atoms with E-state index in [1.807, 2.05) is 17.7 Å². The van der Waals surface area contributed by atoms with Crippen molar-refractivity contribution in [3.05, 3.63) is 48.4 Å². The summed E-state index contributed by atoms with van der Waals surface area (Å²) in [5, 5.41) is 7.88. The maximum absolute atomic E-state index is 13.2. The Morgan fingerprint density at radius 3 is 2.93 bits per heavy atom. The van der Waals surface area contributed by atoms with Crippen molar-refractivity contribution in [1.29, 1.82) is 0 Å². The summed E-state index contributed by atoms with van der Waals surface area (Å²) in [5.74, 6) is 0.980. The van der Waals surface area contributed by atoms with E-state index in [4.69, 9.17) is 9.15 Å². The third kappa shape index (κ3) is 3.44. The van der Waals surface area contributed by atoms with E-state index in [0.717, 1.165) is 31.6 Å². The molecule has 0 bridgehead atoms. The van der Waals surface area contributed by atoms with Gasteiger partial charge >= 0.3 is 0 Å². The first kappa shape index (κ1) is 17.7. The quantitative estimate of drug-likeness (QED) is 0.514. The van der Waals surface area contributed by atoms with E-state index in [2.05, 4.69) is 25.4 Å². The molecule has 5 heterocycles. The summed E-state index contributed by atoms with van der Waals surface area (Å²) in [7, 11) is 0. The van der Waals surface area contributed by atoms with Gasteiger partial charge in [-0.15, -0.1) is 0 Å². The molecular formula is C20H19FN6O2. The number of furan rings is 1. The molecule has 0 radical (unpaired) electrons. The number of nitrogens with zero attached hydrogens (tertiary/aromatic N) is 5. The predicted molar refractivity (Wildman–Crippen MR) is 104 cm³/mol. The van der Waals surface area contributed by atoms with Crippen molar-refractivity contribution in [3.63, 3.8) is 0 Å². The first-order valence-electron chi connectivity index (χ1n) is 9.49. The van der Waals surface area contributed by atoms with Crippen LogP contribution < -0.4 is 5.32 Å². The molecule has 0 aromatic carbocycles. The standard InChI is InChI=1S/C20H19FN6O2/c1-12-10-16(26-27(12)17-4-2-3-8-28-17)24-20-18-14(7-9-29-18)23-19(25-20)13-5-6-15(21)22-11-13/h5-7,9-11,17H,2-4,8H2,1H3,(H,23,24,25,26). The van der Waals surface area contributed by atoms with Gasteiger partial charge in [-0.05, 0) is 38.3 Å². The minimum Gasteiger partial charge on any atom is -0.459 e. The van der Waals surface area contributed by atoms with Crippen LogP contribution in [0.2, 0.25) is 0 Å². The molecule has 1 atom stereocenters. The summed E-state index contributed by atoms with van der Waals surface area (Å²) >= 11 is 0. The second-order valence-corrected chi connectivity index (χ2v) is 6.96. The molecule has 1 unspecified atom stereocenters. The van der Waals surface area contributed by atoms with Crippen molar-refractivity contribution < 1.29 is 13.5 Å². The zero-order valence-electron chi connectivity index (χ0n) is 15.8. The minimum absolute atomic E-state index is 0.0471. The van der Waals surface area contributed by atoms with Crippen molar-refractivity contribution in [2.45, 2.75) is 32.4 Å². The second kappa shape index (κ2) is 7.25. The van der Waals surface area contributed by atoms with Crippen LogP contribution in [0.3, 0.4) is 0 Å². The van der Waals surface area contributed by atoms with E-state index < -0.39 is 5.95 Å². The lowest BCUT2D eigenvalue weighted by Gasteiger charge is -2.23. The monoisotopic (exact) mass is 394 g/mol. The normalized spacial score (nSPS) is 17.0. The smallest absolute Gasteiger partial charge is 0.212 e. The molecule has 8 nitrogen and oxygen atoms in total. The van der Waals surface area contributed by atoms with Crippen LogP contribution in [0, 0.1) is 12.9 Å². The van der Waals surface area contributed by atoms with Gasteiger partial charge in [-0.3, -0.25) is 0 Å². The molecule has 4 aromatic rings. The zero-order valence-corrected chi connectivity index (χ0v) is 15.8. The van der Waals surface area contributed by atoms with Crippen LogP contribution in [0.15, 0.2) is 41.1 Å². The molecule has 29 heavy (non-hydrogen) atoms. The molecule has 5 rings (SSSR count). The number of anilines is 2.